The molecule has 2 N–H and O–H groups in total. The van der Waals surface area contributed by atoms with E-state index >= 15 is 0 Å². The van der Waals surface area contributed by atoms with E-state index in [0.29, 0.717) is 23.9 Å². The van der Waals surface area contributed by atoms with Crippen LogP contribution in [-0.4, -0.2) is 61.8 Å². The molecule has 9 nitrogen and oxygen atoms in total. The number of nitrogens with zero attached hydrogens (tertiary/aromatic N) is 4. The Kier molecular flexibility index (Phi) is 7.84. The van der Waals surface area contributed by atoms with Gasteiger partial charge in [-0.15, -0.1) is 10.2 Å². The highest BCUT2D eigenvalue weighted by Crippen LogP contribution is 2.17. The molecule has 2 heterocycles. The molecule has 178 valence electrons. The molecule has 1 fully saturated rings. The highest BCUT2D eigenvalue weighted by Gasteiger charge is 2.16. The summed E-state index contributed by atoms with van der Waals surface area (Å²) in [6.45, 7) is 3.21. The summed E-state index contributed by atoms with van der Waals surface area (Å²) in [5.41, 5.74) is 2.25. The van der Waals surface area contributed by atoms with E-state index < -0.39 is 10.0 Å². The number of hydrogen-bond donors (Lipinski definition) is 2. The lowest BCUT2D eigenvalue weighted by atomic mass is 10.2. The molecule has 0 atom stereocenters. The van der Waals surface area contributed by atoms with E-state index in [1.807, 2.05) is 36.4 Å². The van der Waals surface area contributed by atoms with Crippen molar-refractivity contribution in [3.63, 3.8) is 0 Å². The van der Waals surface area contributed by atoms with Crippen LogP contribution < -0.4 is 14.8 Å². The monoisotopic (exact) mass is 480 g/mol. The molecule has 1 saturated heterocycles. The summed E-state index contributed by atoms with van der Waals surface area (Å²) < 4.78 is 32.9. The third-order valence-corrected chi connectivity index (χ3v) is 6.94. The zero-order valence-corrected chi connectivity index (χ0v) is 19.8. The van der Waals surface area contributed by atoms with Crippen LogP contribution in [0.5, 0.6) is 5.75 Å². The fourth-order valence-corrected chi connectivity index (χ4v) is 4.64. The number of likely N-dealkylation sites (tertiary alicyclic amines) is 1. The van der Waals surface area contributed by atoms with Gasteiger partial charge in [-0.25, -0.2) is 18.1 Å². The van der Waals surface area contributed by atoms with E-state index in [1.165, 1.54) is 12.8 Å². The van der Waals surface area contributed by atoms with E-state index in [-0.39, 0.29) is 4.90 Å². The summed E-state index contributed by atoms with van der Waals surface area (Å²) in [6.07, 6.45) is 7.69. The molecule has 1 aliphatic heterocycles. The smallest absolute Gasteiger partial charge is 0.247 e. The Labute approximate surface area is 199 Å². The number of hydrogen-bond acceptors (Lipinski definition) is 8. The summed E-state index contributed by atoms with van der Waals surface area (Å²) in [5.74, 6) is 1.10. The van der Waals surface area contributed by atoms with E-state index in [9.17, 15) is 8.42 Å². The van der Waals surface area contributed by atoms with Crippen molar-refractivity contribution in [3.05, 3.63) is 66.0 Å². The Morgan fingerprint density at radius 3 is 2.56 bits per heavy atom. The molecule has 0 spiro atoms. The number of ether oxygens (including phenoxy) is 1. The molecular formula is C24H28N6O3S. The summed E-state index contributed by atoms with van der Waals surface area (Å²) in [6, 6.07) is 14.1. The van der Waals surface area contributed by atoms with Crippen LogP contribution in [0.4, 0.5) is 11.6 Å². The van der Waals surface area contributed by atoms with Crippen molar-refractivity contribution < 1.29 is 13.2 Å². The maximum atomic E-state index is 12.5. The minimum atomic E-state index is -3.54. The van der Waals surface area contributed by atoms with Gasteiger partial charge in [0, 0.05) is 18.8 Å². The Balaban J connectivity index is 1.31. The van der Waals surface area contributed by atoms with Crippen molar-refractivity contribution >= 4 is 33.8 Å². The molecule has 1 aromatic heterocycles. The van der Waals surface area contributed by atoms with Gasteiger partial charge in [-0.3, -0.25) is 0 Å². The third-order valence-electron chi connectivity index (χ3n) is 5.46. The highest BCUT2D eigenvalue weighted by molar-refractivity contribution is 7.89. The van der Waals surface area contributed by atoms with Crippen molar-refractivity contribution in [1.29, 1.82) is 0 Å². The number of sulfonamides is 1. The van der Waals surface area contributed by atoms with E-state index in [0.717, 1.165) is 30.9 Å². The Hall–Kier alpha value is -3.34. The number of benzene rings is 2. The van der Waals surface area contributed by atoms with E-state index in [1.54, 1.807) is 37.6 Å². The van der Waals surface area contributed by atoms with Crippen LogP contribution in [0.25, 0.3) is 12.2 Å². The first-order valence-electron chi connectivity index (χ1n) is 11.1. The normalized spacial score (nSPS) is 14.5. The molecule has 0 saturated carbocycles. The quantitative estimate of drug-likeness (QED) is 0.455. The molecule has 3 aromatic rings. The second kappa shape index (κ2) is 11.2. The summed E-state index contributed by atoms with van der Waals surface area (Å²) >= 11 is 0. The van der Waals surface area contributed by atoms with Crippen molar-refractivity contribution in [1.82, 2.24) is 24.8 Å². The van der Waals surface area contributed by atoms with Crippen LogP contribution in [0.2, 0.25) is 0 Å². The van der Waals surface area contributed by atoms with Crippen LogP contribution in [-0.2, 0) is 10.0 Å². The predicted octanol–water partition coefficient (Wildman–Crippen LogP) is 3.17. The second-order valence-corrected chi connectivity index (χ2v) is 9.68. The first kappa shape index (κ1) is 23.8. The standard InChI is InChI=1S/C24H28N6O3S/c1-33-22-6-4-5-19(17-22)7-8-21-18-25-24(29-28-21)27-20-9-11-23(12-10-20)34(31,32)26-13-16-30-14-2-3-15-30/h4-12,17-18,26H,2-3,13-16H2,1H3,(H,25,27,29). The summed E-state index contributed by atoms with van der Waals surface area (Å²) in [4.78, 5) is 6.76. The molecule has 34 heavy (non-hydrogen) atoms. The first-order valence-corrected chi connectivity index (χ1v) is 12.6. The van der Waals surface area contributed by atoms with Crippen LogP contribution >= 0.6 is 0 Å². The molecule has 0 bridgehead atoms. The average Bonchev–Trinajstić information content (AvgIpc) is 3.37. The Morgan fingerprint density at radius 1 is 1.06 bits per heavy atom. The van der Waals surface area contributed by atoms with Gasteiger partial charge in [0.15, 0.2) is 0 Å². The van der Waals surface area contributed by atoms with E-state index in [2.05, 4.69) is 30.1 Å². The first-order chi connectivity index (χ1) is 16.5. The highest BCUT2D eigenvalue weighted by atomic mass is 32.2. The van der Waals surface area contributed by atoms with Crippen molar-refractivity contribution in [3.8, 4) is 5.75 Å². The molecule has 0 amide bonds. The molecule has 0 radical (unpaired) electrons. The van der Waals surface area contributed by atoms with Gasteiger partial charge in [0.25, 0.3) is 0 Å². The molecule has 4 rings (SSSR count). The van der Waals surface area contributed by atoms with Gasteiger partial charge in [-0.1, -0.05) is 18.2 Å². The number of aromatic nitrogens is 3. The van der Waals surface area contributed by atoms with Gasteiger partial charge in [-0.2, -0.15) is 0 Å². The minimum Gasteiger partial charge on any atom is -0.497 e. The maximum Gasteiger partial charge on any atom is 0.247 e. The van der Waals surface area contributed by atoms with Gasteiger partial charge in [0.1, 0.15) is 11.4 Å². The zero-order valence-electron chi connectivity index (χ0n) is 19.0. The molecular weight excluding hydrogens is 452 g/mol. The predicted molar refractivity (Wildman–Crippen MR) is 132 cm³/mol. The van der Waals surface area contributed by atoms with Crippen LogP contribution in [0.3, 0.4) is 0 Å². The van der Waals surface area contributed by atoms with Crippen LogP contribution in [0.15, 0.2) is 59.6 Å². The van der Waals surface area contributed by atoms with Crippen LogP contribution in [0, 0.1) is 0 Å². The Morgan fingerprint density at radius 2 is 1.85 bits per heavy atom. The number of nitrogens with one attached hydrogen (secondary N) is 2. The molecule has 2 aromatic carbocycles. The SMILES string of the molecule is COc1cccc(C=Cc2cnc(Nc3ccc(S(=O)(=O)NCCN4CCCC4)cc3)nn2)c1. The summed E-state index contributed by atoms with van der Waals surface area (Å²) in [7, 11) is -1.92. The van der Waals surface area contributed by atoms with Gasteiger partial charge in [-0.05, 0) is 74.0 Å². The fraction of sp³-hybridized carbons (Fsp3) is 0.292. The van der Waals surface area contributed by atoms with Crippen molar-refractivity contribution in [2.75, 3.05) is 38.6 Å². The van der Waals surface area contributed by atoms with Gasteiger partial charge >= 0.3 is 0 Å². The zero-order chi connectivity index (χ0) is 23.8. The van der Waals surface area contributed by atoms with Crippen molar-refractivity contribution in [2.24, 2.45) is 0 Å². The lowest BCUT2D eigenvalue weighted by Crippen LogP contribution is -2.33. The third kappa shape index (κ3) is 6.60. The van der Waals surface area contributed by atoms with Gasteiger partial charge in [0.05, 0.1) is 18.2 Å². The lowest BCUT2D eigenvalue weighted by molar-refractivity contribution is 0.344. The average molecular weight is 481 g/mol. The lowest BCUT2D eigenvalue weighted by Gasteiger charge is -2.15. The van der Waals surface area contributed by atoms with Gasteiger partial charge in [0.2, 0.25) is 16.0 Å². The Bertz CT molecular complexity index is 1210. The number of rotatable bonds is 10. The molecule has 1 aliphatic rings. The minimum absolute atomic E-state index is 0.219. The molecule has 10 heteroatoms. The number of methoxy groups -OCH3 is 1. The summed E-state index contributed by atoms with van der Waals surface area (Å²) in [5, 5.41) is 11.3. The second-order valence-electron chi connectivity index (χ2n) is 7.91. The van der Waals surface area contributed by atoms with Crippen LogP contribution in [0.1, 0.15) is 24.1 Å². The van der Waals surface area contributed by atoms with Gasteiger partial charge < -0.3 is 15.0 Å². The maximum absolute atomic E-state index is 12.5. The molecule has 0 unspecified atom stereocenters. The molecule has 0 aliphatic carbocycles. The topological polar surface area (TPSA) is 109 Å². The number of anilines is 2. The fourth-order valence-electron chi connectivity index (χ4n) is 3.62. The van der Waals surface area contributed by atoms with Crippen molar-refractivity contribution in [2.45, 2.75) is 17.7 Å². The van der Waals surface area contributed by atoms with E-state index in [4.69, 9.17) is 4.74 Å². The largest absolute Gasteiger partial charge is 0.497 e.